The normalized spacial score (nSPS) is 16.8. The van der Waals surface area contributed by atoms with Crippen molar-refractivity contribution in [3.05, 3.63) is 35.7 Å². The molecule has 1 saturated heterocycles. The Kier molecular flexibility index (Phi) is 3.94. The highest BCUT2D eigenvalue weighted by Crippen LogP contribution is 2.26. The van der Waals surface area contributed by atoms with E-state index in [0.717, 1.165) is 18.7 Å². The zero-order chi connectivity index (χ0) is 15.7. The lowest BCUT2D eigenvalue weighted by atomic mass is 10.0. The summed E-state index contributed by atoms with van der Waals surface area (Å²) >= 11 is 0. The lowest BCUT2D eigenvalue weighted by molar-refractivity contribution is 0.0683. The minimum atomic E-state index is -1.11. The average molecular weight is 300 g/mol. The number of aromatic nitrogens is 3. The molecule has 1 aliphatic heterocycles. The Balaban J connectivity index is 1.83. The van der Waals surface area contributed by atoms with Crippen LogP contribution < -0.4 is 0 Å². The predicted molar refractivity (Wildman–Crippen MR) is 82.6 cm³/mol. The van der Waals surface area contributed by atoms with E-state index in [0.29, 0.717) is 11.9 Å². The number of likely N-dealkylation sites (tertiary alicyclic amines) is 1. The maximum absolute atomic E-state index is 10.9. The number of carboxylic acid groups (broad SMARTS) is 1. The van der Waals surface area contributed by atoms with Gasteiger partial charge in [-0.15, -0.1) is 5.10 Å². The van der Waals surface area contributed by atoms with Crippen molar-refractivity contribution in [2.24, 2.45) is 7.05 Å². The third-order valence-electron chi connectivity index (χ3n) is 4.29. The van der Waals surface area contributed by atoms with Crippen molar-refractivity contribution < 1.29 is 9.90 Å². The van der Waals surface area contributed by atoms with Gasteiger partial charge < -0.3 is 5.11 Å². The van der Waals surface area contributed by atoms with Crippen LogP contribution in [0.4, 0.5) is 0 Å². The molecule has 0 amide bonds. The van der Waals surface area contributed by atoms with Gasteiger partial charge in [-0.2, -0.15) is 0 Å². The number of hydrogen-bond acceptors (Lipinski definition) is 4. The van der Waals surface area contributed by atoms with Crippen molar-refractivity contribution in [3.63, 3.8) is 0 Å². The second-order valence-corrected chi connectivity index (χ2v) is 5.73. The molecule has 0 aliphatic carbocycles. The highest BCUT2D eigenvalue weighted by molar-refractivity contribution is 5.83. The molecule has 1 aliphatic rings. The summed E-state index contributed by atoms with van der Waals surface area (Å²) in [5, 5.41) is 12.9. The smallest absolute Gasteiger partial charge is 0.375 e. The summed E-state index contributed by atoms with van der Waals surface area (Å²) in [5.41, 5.74) is 2.14. The molecule has 1 N–H and O–H groups in total. The van der Waals surface area contributed by atoms with Crippen LogP contribution in [-0.4, -0.2) is 43.8 Å². The first-order valence-corrected chi connectivity index (χ1v) is 7.55. The molecular weight excluding hydrogens is 280 g/mol. The van der Waals surface area contributed by atoms with Crippen molar-refractivity contribution in [2.75, 3.05) is 13.1 Å². The minimum Gasteiger partial charge on any atom is -0.475 e. The molecule has 0 spiro atoms. The molecule has 116 valence electrons. The molecule has 1 aromatic carbocycles. The monoisotopic (exact) mass is 300 g/mol. The first-order chi connectivity index (χ1) is 10.6. The summed E-state index contributed by atoms with van der Waals surface area (Å²) in [6.45, 7) is 4.55. The third-order valence-corrected chi connectivity index (χ3v) is 4.29. The second kappa shape index (κ2) is 5.88. The van der Waals surface area contributed by atoms with E-state index in [1.165, 1.54) is 23.1 Å². The van der Waals surface area contributed by atoms with Crippen LogP contribution >= 0.6 is 0 Å². The molecule has 1 aromatic heterocycles. The summed E-state index contributed by atoms with van der Waals surface area (Å²) in [5.74, 6) is -0.717. The highest BCUT2D eigenvalue weighted by atomic mass is 16.4. The molecular formula is C16H20N4O2. The summed E-state index contributed by atoms with van der Waals surface area (Å²) in [6, 6.07) is 8.56. The molecule has 6 heteroatoms. The Labute approximate surface area is 129 Å². The van der Waals surface area contributed by atoms with E-state index in [4.69, 9.17) is 5.11 Å². The van der Waals surface area contributed by atoms with Crippen molar-refractivity contribution in [1.29, 1.82) is 0 Å². The van der Waals surface area contributed by atoms with Crippen molar-refractivity contribution in [3.8, 4) is 11.4 Å². The molecule has 0 radical (unpaired) electrons. The number of rotatable bonds is 4. The molecule has 22 heavy (non-hydrogen) atoms. The molecule has 2 heterocycles. The second-order valence-electron chi connectivity index (χ2n) is 5.73. The van der Waals surface area contributed by atoms with Gasteiger partial charge in [0.2, 0.25) is 0 Å². The van der Waals surface area contributed by atoms with Crippen LogP contribution in [0.3, 0.4) is 0 Å². The van der Waals surface area contributed by atoms with Gasteiger partial charge in [0.15, 0.2) is 5.82 Å². The van der Waals surface area contributed by atoms with Gasteiger partial charge in [-0.05, 0) is 38.4 Å². The van der Waals surface area contributed by atoms with Gasteiger partial charge in [-0.25, -0.2) is 14.5 Å². The predicted octanol–water partition coefficient (Wildman–Crippen LogP) is 2.34. The summed E-state index contributed by atoms with van der Waals surface area (Å²) < 4.78 is 1.50. The van der Waals surface area contributed by atoms with E-state index < -0.39 is 5.97 Å². The van der Waals surface area contributed by atoms with Crippen molar-refractivity contribution in [1.82, 2.24) is 19.7 Å². The molecule has 0 unspecified atom stereocenters. The Morgan fingerprint density at radius 1 is 1.23 bits per heavy atom. The van der Waals surface area contributed by atoms with Gasteiger partial charge in [0.05, 0.1) is 0 Å². The van der Waals surface area contributed by atoms with Crippen LogP contribution in [-0.2, 0) is 7.05 Å². The van der Waals surface area contributed by atoms with Crippen LogP contribution in [0.1, 0.15) is 42.0 Å². The van der Waals surface area contributed by atoms with Crippen LogP contribution in [0.5, 0.6) is 0 Å². The van der Waals surface area contributed by atoms with E-state index in [-0.39, 0.29) is 5.82 Å². The largest absolute Gasteiger partial charge is 0.475 e. The van der Waals surface area contributed by atoms with Crippen LogP contribution in [0.25, 0.3) is 11.4 Å². The number of aryl methyl sites for hydroxylation is 1. The van der Waals surface area contributed by atoms with Crippen molar-refractivity contribution >= 4 is 5.97 Å². The van der Waals surface area contributed by atoms with E-state index >= 15 is 0 Å². The van der Waals surface area contributed by atoms with E-state index in [1.54, 1.807) is 7.05 Å². The minimum absolute atomic E-state index is 0.174. The van der Waals surface area contributed by atoms with E-state index in [1.807, 2.05) is 12.1 Å². The van der Waals surface area contributed by atoms with E-state index in [2.05, 4.69) is 34.0 Å². The maximum atomic E-state index is 10.9. The average Bonchev–Trinajstić information content (AvgIpc) is 3.16. The summed E-state index contributed by atoms with van der Waals surface area (Å²) in [6.07, 6.45) is 2.55. The Morgan fingerprint density at radius 3 is 2.41 bits per heavy atom. The standard InChI is InChI=1S/C16H20N4O2/c1-11(20-9-3-4-10-20)12-5-7-13(8-6-12)15-17-14(16(21)22)18-19(15)2/h5-8,11H,3-4,9-10H2,1-2H3,(H,21,22)/t11-/m1/s1. The molecule has 0 bridgehead atoms. The molecule has 0 saturated carbocycles. The number of nitrogens with zero attached hydrogens (tertiary/aromatic N) is 4. The quantitative estimate of drug-likeness (QED) is 0.938. The van der Waals surface area contributed by atoms with Gasteiger partial charge >= 0.3 is 5.97 Å². The van der Waals surface area contributed by atoms with Crippen LogP contribution in [0.15, 0.2) is 24.3 Å². The first-order valence-electron chi connectivity index (χ1n) is 7.55. The number of benzene rings is 1. The number of carbonyl (C=O) groups is 1. The molecule has 1 atom stereocenters. The number of hydrogen-bond donors (Lipinski definition) is 1. The molecule has 2 aromatic rings. The Morgan fingerprint density at radius 2 is 1.86 bits per heavy atom. The van der Waals surface area contributed by atoms with Gasteiger partial charge in [0.1, 0.15) is 0 Å². The zero-order valence-corrected chi connectivity index (χ0v) is 12.9. The van der Waals surface area contributed by atoms with Gasteiger partial charge in [-0.1, -0.05) is 24.3 Å². The van der Waals surface area contributed by atoms with Crippen LogP contribution in [0, 0.1) is 0 Å². The molecule has 3 rings (SSSR count). The lowest BCUT2D eigenvalue weighted by Gasteiger charge is -2.24. The van der Waals surface area contributed by atoms with Crippen molar-refractivity contribution in [2.45, 2.75) is 25.8 Å². The lowest BCUT2D eigenvalue weighted by Crippen LogP contribution is -2.23. The molecule has 1 fully saturated rings. The Hall–Kier alpha value is -2.21. The summed E-state index contributed by atoms with van der Waals surface area (Å²) in [7, 11) is 1.70. The highest BCUT2D eigenvalue weighted by Gasteiger charge is 2.20. The number of carboxylic acids is 1. The van der Waals surface area contributed by atoms with Gasteiger partial charge in [-0.3, -0.25) is 4.90 Å². The first kappa shape index (κ1) is 14.7. The fourth-order valence-corrected chi connectivity index (χ4v) is 2.98. The third kappa shape index (κ3) is 2.74. The van der Waals surface area contributed by atoms with E-state index in [9.17, 15) is 4.79 Å². The zero-order valence-electron chi connectivity index (χ0n) is 12.9. The SMILES string of the molecule is C[C@H](c1ccc(-c2nc(C(=O)O)nn2C)cc1)N1CCCC1. The fraction of sp³-hybridized carbons (Fsp3) is 0.438. The maximum Gasteiger partial charge on any atom is 0.375 e. The Bertz CT molecular complexity index is 672. The van der Waals surface area contributed by atoms with Gasteiger partial charge in [0, 0.05) is 18.7 Å². The number of aromatic carboxylic acids is 1. The van der Waals surface area contributed by atoms with Gasteiger partial charge in [0.25, 0.3) is 5.82 Å². The molecule has 6 nitrogen and oxygen atoms in total. The summed E-state index contributed by atoms with van der Waals surface area (Å²) in [4.78, 5) is 17.5. The fourth-order valence-electron chi connectivity index (χ4n) is 2.98. The van der Waals surface area contributed by atoms with Crippen LogP contribution in [0.2, 0.25) is 0 Å². The topological polar surface area (TPSA) is 71.2 Å².